The monoisotopic (exact) mass is 450 g/mol. The Morgan fingerprint density at radius 1 is 1.12 bits per heavy atom. The third kappa shape index (κ3) is 6.22. The van der Waals surface area contributed by atoms with E-state index in [-0.39, 0.29) is 23.7 Å². The number of hydrogen-bond acceptors (Lipinski definition) is 6. The van der Waals surface area contributed by atoms with E-state index in [9.17, 15) is 18.0 Å². The lowest BCUT2D eigenvalue weighted by Crippen LogP contribution is -2.10. The Morgan fingerprint density at radius 3 is 2.44 bits per heavy atom. The number of esters is 1. The van der Waals surface area contributed by atoms with E-state index in [1.54, 1.807) is 31.3 Å². The van der Waals surface area contributed by atoms with Crippen LogP contribution in [0.3, 0.4) is 0 Å². The molecule has 0 aliphatic heterocycles. The molecule has 3 aromatic rings. The topological polar surface area (TPSA) is 78.3 Å². The Bertz CT molecular complexity index is 1060. The maximum atomic E-state index is 13.2. The van der Waals surface area contributed by atoms with Crippen LogP contribution in [0, 0.1) is 6.92 Å². The van der Waals surface area contributed by atoms with Crippen molar-refractivity contribution in [1.29, 1.82) is 0 Å². The summed E-state index contributed by atoms with van der Waals surface area (Å²) >= 11 is 0. The van der Waals surface area contributed by atoms with E-state index in [0.29, 0.717) is 11.4 Å². The van der Waals surface area contributed by atoms with Gasteiger partial charge in [0, 0.05) is 29.7 Å². The molecular formula is C22H25F3N4O3. The first-order chi connectivity index (χ1) is 15.2. The Balaban J connectivity index is 0.00000176. The highest BCUT2D eigenvalue weighted by atomic mass is 19.4. The molecule has 0 aliphatic carbocycles. The highest BCUT2D eigenvalue weighted by Gasteiger charge is 2.31. The lowest BCUT2D eigenvalue weighted by Gasteiger charge is -2.12. The number of nitrogens with zero attached hydrogens (tertiary/aromatic N) is 3. The standard InChI is InChI=1S/C20H19F3N4O3.C2H6/c1-12-6-15(4-5-24-12)27-16(11-19(28)30-3)10-18(26-27)25-14-7-13(20(21,22)23)8-17(9-14)29-2;1-2/h4-10H,11H2,1-3H3,(H,25,26);1-2H3. The van der Waals surface area contributed by atoms with Crippen LogP contribution in [0.25, 0.3) is 5.69 Å². The molecule has 172 valence electrons. The van der Waals surface area contributed by atoms with Crippen molar-refractivity contribution < 1.29 is 27.4 Å². The number of carbonyl (C=O) groups is 1. The van der Waals surface area contributed by atoms with E-state index in [1.807, 2.05) is 13.8 Å². The van der Waals surface area contributed by atoms with Gasteiger partial charge in [-0.25, -0.2) is 4.68 Å². The van der Waals surface area contributed by atoms with Gasteiger partial charge in [0.05, 0.1) is 37.6 Å². The Labute approximate surface area is 184 Å². The van der Waals surface area contributed by atoms with Crippen LogP contribution >= 0.6 is 0 Å². The van der Waals surface area contributed by atoms with E-state index >= 15 is 0 Å². The minimum absolute atomic E-state index is 0.0475. The van der Waals surface area contributed by atoms with Gasteiger partial charge in [-0.1, -0.05) is 13.8 Å². The molecule has 0 fully saturated rings. The lowest BCUT2D eigenvalue weighted by molar-refractivity contribution is -0.140. The number of benzene rings is 1. The first-order valence-electron chi connectivity index (χ1n) is 9.81. The van der Waals surface area contributed by atoms with Crippen LogP contribution in [-0.2, 0) is 22.1 Å². The van der Waals surface area contributed by atoms with E-state index in [2.05, 4.69) is 15.4 Å². The fraction of sp³-hybridized carbons (Fsp3) is 0.318. The predicted octanol–water partition coefficient (Wildman–Crippen LogP) is 5.09. The van der Waals surface area contributed by atoms with Crippen molar-refractivity contribution in [2.24, 2.45) is 0 Å². The zero-order valence-electron chi connectivity index (χ0n) is 18.4. The van der Waals surface area contributed by atoms with Gasteiger partial charge in [-0.3, -0.25) is 9.78 Å². The largest absolute Gasteiger partial charge is 0.497 e. The predicted molar refractivity (Wildman–Crippen MR) is 114 cm³/mol. The van der Waals surface area contributed by atoms with Gasteiger partial charge in [0.15, 0.2) is 5.82 Å². The quantitative estimate of drug-likeness (QED) is 0.527. The molecular weight excluding hydrogens is 425 g/mol. The van der Waals surface area contributed by atoms with Crippen LogP contribution < -0.4 is 10.1 Å². The maximum absolute atomic E-state index is 13.2. The van der Waals surface area contributed by atoms with E-state index in [4.69, 9.17) is 9.47 Å². The van der Waals surface area contributed by atoms with Crippen molar-refractivity contribution in [2.75, 3.05) is 19.5 Å². The summed E-state index contributed by atoms with van der Waals surface area (Å²) in [6.07, 6.45) is -3.01. The van der Waals surface area contributed by atoms with Gasteiger partial charge in [-0.15, -0.1) is 5.10 Å². The van der Waals surface area contributed by atoms with Crippen LogP contribution in [0.2, 0.25) is 0 Å². The molecule has 0 saturated carbocycles. The summed E-state index contributed by atoms with van der Waals surface area (Å²) in [4.78, 5) is 15.9. The molecule has 10 heteroatoms. The molecule has 0 amide bonds. The summed E-state index contributed by atoms with van der Waals surface area (Å²) in [6.45, 7) is 5.81. The van der Waals surface area contributed by atoms with Crippen molar-refractivity contribution in [3.63, 3.8) is 0 Å². The highest BCUT2D eigenvalue weighted by Crippen LogP contribution is 2.35. The zero-order valence-corrected chi connectivity index (χ0v) is 18.4. The van der Waals surface area contributed by atoms with Crippen molar-refractivity contribution in [3.8, 4) is 11.4 Å². The zero-order chi connectivity index (χ0) is 23.9. The van der Waals surface area contributed by atoms with Gasteiger partial charge in [0.1, 0.15) is 5.75 Å². The number of carbonyl (C=O) groups excluding carboxylic acids is 1. The molecule has 2 aromatic heterocycles. The number of hydrogen-bond donors (Lipinski definition) is 1. The molecule has 1 N–H and O–H groups in total. The minimum atomic E-state index is -4.53. The van der Waals surface area contributed by atoms with E-state index < -0.39 is 17.7 Å². The second-order valence-electron chi connectivity index (χ2n) is 6.41. The van der Waals surface area contributed by atoms with E-state index in [1.165, 1.54) is 25.0 Å². The molecule has 7 nitrogen and oxygen atoms in total. The summed E-state index contributed by atoms with van der Waals surface area (Å²) < 4.78 is 50.7. The van der Waals surface area contributed by atoms with Crippen LogP contribution in [0.15, 0.2) is 42.6 Å². The van der Waals surface area contributed by atoms with Crippen LogP contribution in [0.4, 0.5) is 24.7 Å². The second kappa shape index (κ2) is 10.7. The second-order valence-corrected chi connectivity index (χ2v) is 6.41. The lowest BCUT2D eigenvalue weighted by atomic mass is 10.1. The van der Waals surface area contributed by atoms with Gasteiger partial charge in [-0.05, 0) is 31.2 Å². The molecule has 0 atom stereocenters. The summed E-state index contributed by atoms with van der Waals surface area (Å²) in [5.41, 5.74) is 1.17. The number of ether oxygens (including phenoxy) is 2. The molecule has 2 heterocycles. The average Bonchev–Trinajstić information content (AvgIpc) is 3.16. The minimum Gasteiger partial charge on any atom is -0.497 e. The Morgan fingerprint density at radius 2 is 1.84 bits per heavy atom. The molecule has 0 spiro atoms. The number of nitrogens with one attached hydrogen (secondary N) is 1. The van der Waals surface area contributed by atoms with Crippen LogP contribution in [-0.4, -0.2) is 35.0 Å². The number of aryl methyl sites for hydroxylation is 1. The molecule has 0 radical (unpaired) electrons. The number of rotatable bonds is 6. The SMILES string of the molecule is CC.COC(=O)Cc1cc(Nc2cc(OC)cc(C(F)(F)F)c2)nn1-c1ccnc(C)c1. The van der Waals surface area contributed by atoms with Crippen LogP contribution in [0.1, 0.15) is 30.8 Å². The van der Waals surface area contributed by atoms with Crippen LogP contribution in [0.5, 0.6) is 5.75 Å². The number of pyridine rings is 1. The maximum Gasteiger partial charge on any atom is 0.416 e. The Kier molecular flexibility index (Phi) is 8.22. The van der Waals surface area contributed by atoms with Crippen molar-refractivity contribution in [3.05, 3.63) is 59.5 Å². The third-order valence-electron chi connectivity index (χ3n) is 4.20. The fourth-order valence-electron chi connectivity index (χ4n) is 2.81. The van der Waals surface area contributed by atoms with Gasteiger partial charge in [-0.2, -0.15) is 13.2 Å². The fourth-order valence-corrected chi connectivity index (χ4v) is 2.81. The number of methoxy groups -OCH3 is 2. The number of alkyl halides is 3. The molecule has 3 rings (SSSR count). The molecule has 0 unspecified atom stereocenters. The number of aromatic nitrogens is 3. The number of anilines is 2. The molecule has 0 bridgehead atoms. The molecule has 0 saturated heterocycles. The third-order valence-corrected chi connectivity index (χ3v) is 4.20. The average molecular weight is 450 g/mol. The Hall–Kier alpha value is -3.56. The first-order valence-corrected chi connectivity index (χ1v) is 9.81. The van der Waals surface area contributed by atoms with Crippen molar-refractivity contribution in [1.82, 2.24) is 14.8 Å². The molecule has 0 aliphatic rings. The summed E-state index contributed by atoms with van der Waals surface area (Å²) in [5.74, 6) is -0.176. The van der Waals surface area contributed by atoms with Crippen molar-refractivity contribution in [2.45, 2.75) is 33.4 Å². The summed E-state index contributed by atoms with van der Waals surface area (Å²) in [6, 6.07) is 8.33. The number of halogens is 3. The summed E-state index contributed by atoms with van der Waals surface area (Å²) in [7, 11) is 2.56. The van der Waals surface area contributed by atoms with E-state index in [0.717, 1.165) is 17.8 Å². The normalized spacial score (nSPS) is 10.8. The first kappa shape index (κ1) is 24.7. The smallest absolute Gasteiger partial charge is 0.416 e. The summed E-state index contributed by atoms with van der Waals surface area (Å²) in [5, 5.41) is 7.25. The molecule has 32 heavy (non-hydrogen) atoms. The van der Waals surface area contributed by atoms with Gasteiger partial charge < -0.3 is 14.8 Å². The van der Waals surface area contributed by atoms with Crippen molar-refractivity contribution >= 4 is 17.5 Å². The molecule has 1 aromatic carbocycles. The van der Waals surface area contributed by atoms with Gasteiger partial charge in [0.2, 0.25) is 0 Å². The highest BCUT2D eigenvalue weighted by molar-refractivity contribution is 5.73. The van der Waals surface area contributed by atoms with Gasteiger partial charge >= 0.3 is 12.1 Å². The van der Waals surface area contributed by atoms with Gasteiger partial charge in [0.25, 0.3) is 0 Å².